The number of aryl methyl sites for hydroxylation is 1. The van der Waals surface area contributed by atoms with E-state index in [-0.39, 0.29) is 32.8 Å². The molecule has 11 heteroatoms. The van der Waals surface area contributed by atoms with Crippen molar-refractivity contribution in [2.45, 2.75) is 36.1 Å². The van der Waals surface area contributed by atoms with Gasteiger partial charge < -0.3 is 10.1 Å². The number of amides is 1. The molecule has 1 aliphatic heterocycles. The summed E-state index contributed by atoms with van der Waals surface area (Å²) in [5.41, 5.74) is 2.67. The van der Waals surface area contributed by atoms with E-state index in [1.165, 1.54) is 41.7 Å². The molecule has 5 rings (SSSR count). The van der Waals surface area contributed by atoms with Crippen LogP contribution < -0.4 is 19.1 Å². The minimum absolute atomic E-state index is 0.0121. The number of methoxy groups -OCH3 is 1. The molecule has 0 spiro atoms. The van der Waals surface area contributed by atoms with Gasteiger partial charge in [-0.15, -0.1) is 0 Å². The number of sulfonamides is 2. The molecule has 0 aromatic heterocycles. The van der Waals surface area contributed by atoms with Crippen LogP contribution in [0.25, 0.3) is 0 Å². The number of benzene rings is 4. The fourth-order valence-corrected chi connectivity index (χ4v) is 8.00. The summed E-state index contributed by atoms with van der Waals surface area (Å²) in [4.78, 5) is 13.2. The summed E-state index contributed by atoms with van der Waals surface area (Å²) < 4.78 is 62.9. The van der Waals surface area contributed by atoms with Crippen molar-refractivity contribution >= 4 is 43.0 Å². The van der Waals surface area contributed by atoms with Gasteiger partial charge in [-0.05, 0) is 79.9 Å². The lowest BCUT2D eigenvalue weighted by atomic mass is 10.1. The standard InChI is InChI=1S/C30H29N3O6S2/c1-20-15-16-24(19-29(20)40(35,36)32-26-12-5-7-14-28(26)39-3)31-30(34)23-10-8-11-25(18-23)41(37,38)33-21(2)17-22-9-4-6-13-27(22)33/h4-16,18-19,21,32H,17H2,1-3H3,(H,31,34)/t21-/m1/s1. The summed E-state index contributed by atoms with van der Waals surface area (Å²) >= 11 is 0. The van der Waals surface area contributed by atoms with E-state index in [0.29, 0.717) is 23.4 Å². The van der Waals surface area contributed by atoms with Gasteiger partial charge in [-0.3, -0.25) is 13.8 Å². The molecule has 1 aliphatic rings. The molecule has 1 atom stereocenters. The lowest BCUT2D eigenvalue weighted by Crippen LogP contribution is -2.35. The first-order valence-electron chi connectivity index (χ1n) is 12.8. The molecule has 0 bridgehead atoms. The van der Waals surface area contributed by atoms with Crippen LogP contribution >= 0.6 is 0 Å². The first kappa shape index (κ1) is 28.2. The van der Waals surface area contributed by atoms with Gasteiger partial charge in [0.2, 0.25) is 0 Å². The smallest absolute Gasteiger partial charge is 0.264 e. The van der Waals surface area contributed by atoms with Gasteiger partial charge in [0.15, 0.2) is 0 Å². The quantitative estimate of drug-likeness (QED) is 0.291. The predicted molar refractivity (Wildman–Crippen MR) is 159 cm³/mol. The number of hydrogen-bond acceptors (Lipinski definition) is 6. The fourth-order valence-electron chi connectivity index (χ4n) is 4.91. The molecule has 1 amide bonds. The Labute approximate surface area is 239 Å². The first-order valence-corrected chi connectivity index (χ1v) is 15.7. The molecule has 0 saturated carbocycles. The Morgan fingerprint density at radius 1 is 0.902 bits per heavy atom. The van der Waals surface area contributed by atoms with Gasteiger partial charge in [0.05, 0.1) is 28.3 Å². The fraction of sp³-hybridized carbons (Fsp3) is 0.167. The highest BCUT2D eigenvalue weighted by atomic mass is 32.2. The number of carbonyl (C=O) groups excluding carboxylic acids is 1. The van der Waals surface area contributed by atoms with Gasteiger partial charge in [-0.2, -0.15) is 0 Å². The Bertz CT molecular complexity index is 1860. The normalized spacial score (nSPS) is 14.8. The molecule has 9 nitrogen and oxygen atoms in total. The number of anilines is 3. The van der Waals surface area contributed by atoms with E-state index in [1.807, 2.05) is 19.1 Å². The summed E-state index contributed by atoms with van der Waals surface area (Å²) in [6, 6.07) is 24.0. The maximum atomic E-state index is 13.6. The SMILES string of the molecule is COc1ccccc1NS(=O)(=O)c1cc(NC(=O)c2cccc(S(=O)(=O)N3c4ccccc4C[C@H]3C)c2)ccc1C. The topological polar surface area (TPSA) is 122 Å². The minimum Gasteiger partial charge on any atom is -0.495 e. The van der Waals surface area contributed by atoms with Crippen LogP contribution in [0.3, 0.4) is 0 Å². The molecule has 212 valence electrons. The molecule has 4 aromatic rings. The van der Waals surface area contributed by atoms with Crippen molar-refractivity contribution in [1.82, 2.24) is 0 Å². The molecule has 41 heavy (non-hydrogen) atoms. The highest BCUT2D eigenvalue weighted by Gasteiger charge is 2.36. The first-order chi connectivity index (χ1) is 19.5. The number of para-hydroxylation sites is 3. The number of nitrogens with one attached hydrogen (secondary N) is 2. The second-order valence-corrected chi connectivity index (χ2v) is 13.2. The highest BCUT2D eigenvalue weighted by molar-refractivity contribution is 7.93. The molecule has 0 saturated heterocycles. The lowest BCUT2D eigenvalue weighted by Gasteiger charge is -2.24. The molecule has 2 N–H and O–H groups in total. The number of rotatable bonds is 8. The van der Waals surface area contributed by atoms with Crippen molar-refractivity contribution in [1.29, 1.82) is 0 Å². The second kappa shape index (κ2) is 10.9. The van der Waals surface area contributed by atoms with Crippen molar-refractivity contribution in [3.05, 3.63) is 108 Å². The number of ether oxygens (including phenoxy) is 1. The zero-order chi connectivity index (χ0) is 29.4. The van der Waals surface area contributed by atoms with E-state index < -0.39 is 26.0 Å². The minimum atomic E-state index is -4.03. The summed E-state index contributed by atoms with van der Waals surface area (Å²) in [7, 11) is -6.53. The van der Waals surface area contributed by atoms with E-state index in [0.717, 1.165) is 5.56 Å². The average molecular weight is 592 g/mol. The third kappa shape index (κ3) is 5.50. The van der Waals surface area contributed by atoms with E-state index in [9.17, 15) is 21.6 Å². The van der Waals surface area contributed by atoms with Gasteiger partial charge >= 0.3 is 0 Å². The molecule has 0 fully saturated rings. The van der Waals surface area contributed by atoms with Gasteiger partial charge in [-0.1, -0.05) is 42.5 Å². The Kier molecular flexibility index (Phi) is 7.50. The van der Waals surface area contributed by atoms with Crippen LogP contribution in [-0.2, 0) is 26.5 Å². The number of hydrogen-bond donors (Lipinski definition) is 2. The summed E-state index contributed by atoms with van der Waals surface area (Å²) in [6.07, 6.45) is 0.597. The Morgan fingerprint density at radius 2 is 1.63 bits per heavy atom. The Balaban J connectivity index is 1.40. The summed E-state index contributed by atoms with van der Waals surface area (Å²) in [5, 5.41) is 2.69. The van der Waals surface area contributed by atoms with Crippen LogP contribution in [0, 0.1) is 6.92 Å². The van der Waals surface area contributed by atoms with Crippen LogP contribution in [0.1, 0.15) is 28.4 Å². The van der Waals surface area contributed by atoms with Crippen LogP contribution in [0.4, 0.5) is 17.1 Å². The third-order valence-corrected chi connectivity index (χ3v) is 10.3. The Morgan fingerprint density at radius 3 is 2.41 bits per heavy atom. The van der Waals surface area contributed by atoms with Crippen molar-refractivity contribution in [2.24, 2.45) is 0 Å². The summed E-state index contributed by atoms with van der Waals surface area (Å²) in [6.45, 7) is 3.49. The van der Waals surface area contributed by atoms with E-state index >= 15 is 0 Å². The van der Waals surface area contributed by atoms with Gasteiger partial charge in [0.25, 0.3) is 26.0 Å². The van der Waals surface area contributed by atoms with Gasteiger partial charge in [-0.25, -0.2) is 16.8 Å². The second-order valence-electron chi connectivity index (χ2n) is 9.75. The molecule has 4 aromatic carbocycles. The average Bonchev–Trinajstić information content (AvgIpc) is 3.30. The third-order valence-electron chi connectivity index (χ3n) is 6.88. The number of nitrogens with zero attached hydrogens (tertiary/aromatic N) is 1. The van der Waals surface area contributed by atoms with Crippen molar-refractivity contribution in [3.8, 4) is 5.75 Å². The van der Waals surface area contributed by atoms with Crippen LogP contribution in [0.15, 0.2) is 101 Å². The zero-order valence-corrected chi connectivity index (χ0v) is 24.3. The molecule has 0 aliphatic carbocycles. The Hall–Kier alpha value is -4.35. The van der Waals surface area contributed by atoms with Crippen molar-refractivity contribution < 1.29 is 26.4 Å². The van der Waals surface area contributed by atoms with Gasteiger partial charge in [0, 0.05) is 17.3 Å². The molecule has 0 radical (unpaired) electrons. The van der Waals surface area contributed by atoms with Crippen molar-refractivity contribution in [2.75, 3.05) is 21.5 Å². The molecular formula is C30H29N3O6S2. The van der Waals surface area contributed by atoms with Crippen LogP contribution in [-0.4, -0.2) is 35.9 Å². The zero-order valence-electron chi connectivity index (χ0n) is 22.7. The molecule has 0 unspecified atom stereocenters. The van der Waals surface area contributed by atoms with E-state index in [4.69, 9.17) is 4.74 Å². The highest BCUT2D eigenvalue weighted by Crippen LogP contribution is 2.36. The number of carbonyl (C=O) groups is 1. The van der Waals surface area contributed by atoms with Gasteiger partial charge in [0.1, 0.15) is 5.75 Å². The van der Waals surface area contributed by atoms with Crippen LogP contribution in [0.2, 0.25) is 0 Å². The largest absolute Gasteiger partial charge is 0.495 e. The van der Waals surface area contributed by atoms with Crippen LogP contribution in [0.5, 0.6) is 5.75 Å². The van der Waals surface area contributed by atoms with Crippen molar-refractivity contribution in [3.63, 3.8) is 0 Å². The maximum Gasteiger partial charge on any atom is 0.264 e. The lowest BCUT2D eigenvalue weighted by molar-refractivity contribution is 0.102. The molecule has 1 heterocycles. The maximum absolute atomic E-state index is 13.6. The van der Waals surface area contributed by atoms with E-state index in [1.54, 1.807) is 55.5 Å². The predicted octanol–water partition coefficient (Wildman–Crippen LogP) is 5.20. The van der Waals surface area contributed by atoms with E-state index in [2.05, 4.69) is 10.0 Å². The molecular weight excluding hydrogens is 562 g/mol. The monoisotopic (exact) mass is 591 g/mol. The number of fused-ring (bicyclic) bond motifs is 1. The summed E-state index contributed by atoms with van der Waals surface area (Å²) in [5.74, 6) is -0.221.